The second-order valence-corrected chi connectivity index (χ2v) is 5.72. The van der Waals surface area contributed by atoms with Crippen molar-refractivity contribution in [3.8, 4) is 0 Å². The molecular formula is C11H20Cl2N4S. The molecule has 0 aliphatic carbocycles. The first-order chi connectivity index (χ1) is 7.66. The zero-order valence-electron chi connectivity index (χ0n) is 10.6. The summed E-state index contributed by atoms with van der Waals surface area (Å²) in [5.74, 6) is 1.10. The Bertz CT molecular complexity index is 365. The Morgan fingerprint density at radius 3 is 2.78 bits per heavy atom. The third kappa shape index (κ3) is 5.50. The number of aryl methyl sites for hydroxylation is 1. The summed E-state index contributed by atoms with van der Waals surface area (Å²) in [5, 5.41) is 4.51. The molecule has 2 rings (SSSR count). The van der Waals surface area contributed by atoms with Gasteiger partial charge in [0.15, 0.2) is 5.17 Å². The molecule has 7 heteroatoms. The maximum Gasteiger partial charge on any atom is 0.157 e. The second kappa shape index (κ2) is 7.92. The summed E-state index contributed by atoms with van der Waals surface area (Å²) in [6.45, 7) is 6.27. The van der Waals surface area contributed by atoms with E-state index in [1.807, 2.05) is 30.5 Å². The van der Waals surface area contributed by atoms with Gasteiger partial charge in [0, 0.05) is 24.7 Å². The van der Waals surface area contributed by atoms with Gasteiger partial charge in [-0.2, -0.15) is 0 Å². The van der Waals surface area contributed by atoms with Crippen molar-refractivity contribution >= 4 is 41.7 Å². The van der Waals surface area contributed by atoms with Crippen molar-refractivity contribution in [1.29, 1.82) is 0 Å². The van der Waals surface area contributed by atoms with E-state index in [1.54, 1.807) is 0 Å². The summed E-state index contributed by atoms with van der Waals surface area (Å²) in [5.41, 5.74) is 0.146. The van der Waals surface area contributed by atoms with Gasteiger partial charge < -0.3 is 9.88 Å². The summed E-state index contributed by atoms with van der Waals surface area (Å²) in [6.07, 6.45) is 6.82. The molecule has 0 aromatic carbocycles. The third-order valence-corrected chi connectivity index (χ3v) is 3.42. The highest BCUT2D eigenvalue weighted by molar-refractivity contribution is 8.13. The van der Waals surface area contributed by atoms with E-state index in [4.69, 9.17) is 0 Å². The molecular weight excluding hydrogens is 291 g/mol. The number of nitrogens with zero attached hydrogens (tertiary/aromatic N) is 3. The molecule has 0 spiro atoms. The number of hydrogen-bond donors (Lipinski definition) is 1. The fraction of sp³-hybridized carbons (Fsp3) is 0.636. The Hall–Kier alpha value is -0.390. The highest BCUT2D eigenvalue weighted by atomic mass is 35.5. The molecule has 0 radical (unpaired) electrons. The fourth-order valence-electron chi connectivity index (χ4n) is 1.55. The standard InChI is InChI=1S/C11H18N4S.2ClH/c1-11(2)8-13-10(14-11)16-7-3-5-15-6-4-12-9-15;;/h4,6,9H,3,5,7-8H2,1-2H3,(H,13,14);2*1H. The first-order valence-electron chi connectivity index (χ1n) is 5.57. The molecule has 1 aliphatic heterocycles. The molecule has 0 bridgehead atoms. The molecule has 0 fully saturated rings. The maximum atomic E-state index is 4.47. The van der Waals surface area contributed by atoms with Crippen molar-refractivity contribution in [2.45, 2.75) is 32.4 Å². The van der Waals surface area contributed by atoms with Gasteiger partial charge in [-0.25, -0.2) is 4.98 Å². The predicted molar refractivity (Wildman–Crippen MR) is 83.3 cm³/mol. The van der Waals surface area contributed by atoms with E-state index in [0.29, 0.717) is 0 Å². The highest BCUT2D eigenvalue weighted by Gasteiger charge is 2.24. The molecule has 1 aromatic heterocycles. The molecule has 0 saturated carbocycles. The van der Waals surface area contributed by atoms with Crippen molar-refractivity contribution in [2.24, 2.45) is 4.99 Å². The van der Waals surface area contributed by atoms with E-state index >= 15 is 0 Å². The van der Waals surface area contributed by atoms with E-state index in [9.17, 15) is 0 Å². The van der Waals surface area contributed by atoms with Gasteiger partial charge in [-0.3, -0.25) is 4.99 Å². The topological polar surface area (TPSA) is 42.2 Å². The summed E-state index contributed by atoms with van der Waals surface area (Å²) in [4.78, 5) is 8.49. The van der Waals surface area contributed by atoms with E-state index in [1.165, 1.54) is 0 Å². The van der Waals surface area contributed by atoms with Crippen molar-refractivity contribution in [2.75, 3.05) is 12.3 Å². The van der Waals surface area contributed by atoms with E-state index in [-0.39, 0.29) is 30.4 Å². The molecule has 0 saturated heterocycles. The number of halogens is 2. The molecule has 4 nitrogen and oxygen atoms in total. The Kier molecular flexibility index (Phi) is 7.75. The number of aromatic nitrogens is 2. The molecule has 1 aromatic rings. The first kappa shape index (κ1) is 17.6. The Morgan fingerprint density at radius 2 is 2.22 bits per heavy atom. The van der Waals surface area contributed by atoms with Crippen molar-refractivity contribution in [3.05, 3.63) is 18.7 Å². The monoisotopic (exact) mass is 310 g/mol. The van der Waals surface area contributed by atoms with Crippen molar-refractivity contribution in [3.63, 3.8) is 0 Å². The number of imidazole rings is 1. The predicted octanol–water partition coefficient (Wildman–Crippen LogP) is 2.59. The van der Waals surface area contributed by atoms with Crippen LogP contribution in [0.15, 0.2) is 23.7 Å². The Labute approximate surface area is 125 Å². The maximum absolute atomic E-state index is 4.47. The summed E-state index contributed by atoms with van der Waals surface area (Å²) in [6, 6.07) is 0. The number of aliphatic imine (C=N–C) groups is 1. The zero-order chi connectivity index (χ0) is 11.4. The molecule has 0 atom stereocenters. The van der Waals surface area contributed by atoms with Crippen LogP contribution in [0, 0.1) is 0 Å². The summed E-state index contributed by atoms with van der Waals surface area (Å²) in [7, 11) is 0. The molecule has 1 N–H and O–H groups in total. The summed E-state index contributed by atoms with van der Waals surface area (Å²) >= 11 is 1.81. The van der Waals surface area contributed by atoms with Crippen LogP contribution in [0.4, 0.5) is 0 Å². The van der Waals surface area contributed by atoms with E-state index < -0.39 is 0 Å². The van der Waals surface area contributed by atoms with E-state index in [0.717, 1.165) is 30.4 Å². The van der Waals surface area contributed by atoms with Crippen molar-refractivity contribution in [1.82, 2.24) is 14.9 Å². The van der Waals surface area contributed by atoms with Crippen LogP contribution >= 0.6 is 36.6 Å². The van der Waals surface area contributed by atoms with Crippen molar-refractivity contribution < 1.29 is 0 Å². The molecule has 0 unspecified atom stereocenters. The molecule has 2 heterocycles. The van der Waals surface area contributed by atoms with Gasteiger partial charge in [-0.1, -0.05) is 11.8 Å². The van der Waals surface area contributed by atoms with Crippen LogP contribution in [0.2, 0.25) is 0 Å². The van der Waals surface area contributed by atoms with E-state index in [2.05, 4.69) is 33.7 Å². The number of amidine groups is 1. The van der Waals surface area contributed by atoms with Crippen LogP contribution in [0.3, 0.4) is 0 Å². The van der Waals surface area contributed by atoms with Gasteiger partial charge in [0.1, 0.15) is 0 Å². The second-order valence-electron chi connectivity index (χ2n) is 4.63. The first-order valence-corrected chi connectivity index (χ1v) is 6.55. The molecule has 0 amide bonds. The lowest BCUT2D eigenvalue weighted by molar-refractivity contribution is 0.508. The minimum Gasteiger partial charge on any atom is -0.358 e. The number of rotatable bonds is 4. The minimum atomic E-state index is 0. The fourth-order valence-corrected chi connectivity index (χ4v) is 2.53. The number of hydrogen-bond acceptors (Lipinski definition) is 4. The van der Waals surface area contributed by atoms with Gasteiger partial charge in [0.05, 0.1) is 18.4 Å². The van der Waals surface area contributed by atoms with Crippen LogP contribution in [0.5, 0.6) is 0 Å². The van der Waals surface area contributed by atoms with Gasteiger partial charge in [0.25, 0.3) is 0 Å². The van der Waals surface area contributed by atoms with Crippen LogP contribution in [-0.4, -0.2) is 32.6 Å². The third-order valence-electron chi connectivity index (χ3n) is 2.42. The number of nitrogens with one attached hydrogen (secondary N) is 1. The lowest BCUT2D eigenvalue weighted by atomic mass is 10.1. The molecule has 1 aliphatic rings. The lowest BCUT2D eigenvalue weighted by Crippen LogP contribution is -2.38. The van der Waals surface area contributed by atoms with Crippen LogP contribution < -0.4 is 5.32 Å². The summed E-state index contributed by atoms with van der Waals surface area (Å²) < 4.78 is 2.11. The molecule has 104 valence electrons. The number of thioether (sulfide) groups is 1. The minimum absolute atomic E-state index is 0. The van der Waals surface area contributed by atoms with Crippen LogP contribution in [-0.2, 0) is 6.54 Å². The van der Waals surface area contributed by atoms with Gasteiger partial charge in [0.2, 0.25) is 0 Å². The Morgan fingerprint density at radius 1 is 1.44 bits per heavy atom. The SMILES string of the molecule is CC1(C)CN=C(SCCCn2ccnc2)N1.Cl.Cl. The quantitative estimate of drug-likeness (QED) is 0.869. The smallest absolute Gasteiger partial charge is 0.157 e. The van der Waals surface area contributed by atoms with Gasteiger partial charge in [-0.15, -0.1) is 24.8 Å². The van der Waals surface area contributed by atoms with Crippen LogP contribution in [0.25, 0.3) is 0 Å². The Balaban J connectivity index is 0.00000144. The van der Waals surface area contributed by atoms with Crippen LogP contribution in [0.1, 0.15) is 20.3 Å². The zero-order valence-corrected chi connectivity index (χ0v) is 13.1. The molecule has 18 heavy (non-hydrogen) atoms. The largest absolute Gasteiger partial charge is 0.358 e. The lowest BCUT2D eigenvalue weighted by Gasteiger charge is -2.17. The van der Waals surface area contributed by atoms with Gasteiger partial charge in [-0.05, 0) is 20.3 Å². The average Bonchev–Trinajstić information content (AvgIpc) is 2.82. The highest BCUT2D eigenvalue weighted by Crippen LogP contribution is 2.16. The average molecular weight is 311 g/mol. The van der Waals surface area contributed by atoms with Gasteiger partial charge >= 0.3 is 0 Å². The normalized spacial score (nSPS) is 16.2.